The summed E-state index contributed by atoms with van der Waals surface area (Å²) in [5.41, 5.74) is 0. The zero-order valence-corrected chi connectivity index (χ0v) is 9.07. The molecule has 13 heavy (non-hydrogen) atoms. The van der Waals surface area contributed by atoms with Crippen LogP contribution in [0.5, 0.6) is 0 Å². The molecule has 1 aliphatic rings. The van der Waals surface area contributed by atoms with Crippen LogP contribution >= 0.6 is 12.2 Å². The molecule has 0 aromatic rings. The van der Waals surface area contributed by atoms with Crippen LogP contribution < -0.4 is 5.32 Å². The summed E-state index contributed by atoms with van der Waals surface area (Å²) in [6.07, 6.45) is 4.25. The molecule has 0 unspecified atom stereocenters. The molecule has 0 radical (unpaired) electrons. The normalized spacial score (nSPS) is 19.8. The molecular formula is C10H18N2S. The van der Waals surface area contributed by atoms with Crippen LogP contribution in [0, 0.1) is 5.92 Å². The molecule has 1 fully saturated rings. The SMILES string of the molecule is C=CNC(=S)CN1CCC(C)CC1. The first kappa shape index (κ1) is 10.7. The average molecular weight is 198 g/mol. The Hall–Kier alpha value is -0.410. The van der Waals surface area contributed by atoms with Crippen LogP contribution in [-0.2, 0) is 0 Å². The van der Waals surface area contributed by atoms with E-state index in [4.69, 9.17) is 12.2 Å². The molecule has 1 aliphatic heterocycles. The van der Waals surface area contributed by atoms with Crippen molar-refractivity contribution in [3.05, 3.63) is 12.8 Å². The fourth-order valence-corrected chi connectivity index (χ4v) is 1.85. The molecule has 0 aromatic heterocycles. The van der Waals surface area contributed by atoms with Crippen molar-refractivity contribution in [2.24, 2.45) is 5.92 Å². The van der Waals surface area contributed by atoms with Crippen LogP contribution in [0.15, 0.2) is 12.8 Å². The van der Waals surface area contributed by atoms with Gasteiger partial charge in [-0.1, -0.05) is 25.7 Å². The Labute approximate surface area is 86.0 Å². The molecule has 0 aliphatic carbocycles. The lowest BCUT2D eigenvalue weighted by Gasteiger charge is -2.30. The van der Waals surface area contributed by atoms with Crippen molar-refractivity contribution >= 4 is 17.2 Å². The molecule has 0 atom stereocenters. The predicted molar refractivity (Wildman–Crippen MR) is 60.8 cm³/mol. The van der Waals surface area contributed by atoms with Gasteiger partial charge in [0, 0.05) is 6.54 Å². The highest BCUT2D eigenvalue weighted by Crippen LogP contribution is 2.15. The maximum atomic E-state index is 5.14. The lowest BCUT2D eigenvalue weighted by Crippen LogP contribution is -2.39. The standard InChI is InChI=1S/C10H18N2S/c1-3-11-10(13)8-12-6-4-9(2)5-7-12/h3,9H,1,4-8H2,2H3,(H,11,13). The highest BCUT2D eigenvalue weighted by molar-refractivity contribution is 7.80. The van der Waals surface area contributed by atoms with Gasteiger partial charge >= 0.3 is 0 Å². The third kappa shape index (κ3) is 3.87. The second-order valence-electron chi connectivity index (χ2n) is 3.73. The molecular weight excluding hydrogens is 180 g/mol. The van der Waals surface area contributed by atoms with Gasteiger partial charge in [0.1, 0.15) is 0 Å². The molecule has 0 saturated carbocycles. The first-order valence-electron chi connectivity index (χ1n) is 4.85. The minimum atomic E-state index is 0.879. The number of nitrogens with one attached hydrogen (secondary N) is 1. The summed E-state index contributed by atoms with van der Waals surface area (Å²) in [5.74, 6) is 0.886. The zero-order chi connectivity index (χ0) is 9.68. The topological polar surface area (TPSA) is 15.3 Å². The number of hydrogen-bond acceptors (Lipinski definition) is 2. The molecule has 3 heteroatoms. The molecule has 1 rings (SSSR count). The number of likely N-dealkylation sites (tertiary alicyclic amines) is 1. The quantitative estimate of drug-likeness (QED) is 0.696. The van der Waals surface area contributed by atoms with Gasteiger partial charge < -0.3 is 5.32 Å². The number of hydrogen-bond donors (Lipinski definition) is 1. The molecule has 1 heterocycles. The Morgan fingerprint density at radius 1 is 1.62 bits per heavy atom. The van der Waals surface area contributed by atoms with Crippen molar-refractivity contribution in [1.82, 2.24) is 10.2 Å². The van der Waals surface area contributed by atoms with Crippen molar-refractivity contribution in [1.29, 1.82) is 0 Å². The van der Waals surface area contributed by atoms with E-state index in [0.29, 0.717) is 0 Å². The molecule has 0 aromatic carbocycles. The summed E-state index contributed by atoms with van der Waals surface area (Å²) >= 11 is 5.14. The smallest absolute Gasteiger partial charge is 0.0935 e. The molecule has 0 spiro atoms. The van der Waals surface area contributed by atoms with E-state index in [1.165, 1.54) is 25.9 Å². The van der Waals surface area contributed by atoms with Crippen molar-refractivity contribution in [2.45, 2.75) is 19.8 Å². The van der Waals surface area contributed by atoms with Crippen molar-refractivity contribution < 1.29 is 0 Å². The minimum absolute atomic E-state index is 0.879. The fourth-order valence-electron chi connectivity index (χ4n) is 1.58. The van der Waals surface area contributed by atoms with E-state index >= 15 is 0 Å². The van der Waals surface area contributed by atoms with Gasteiger partial charge in [0.15, 0.2) is 0 Å². The minimum Gasteiger partial charge on any atom is -0.356 e. The third-order valence-corrected chi connectivity index (χ3v) is 2.75. The monoisotopic (exact) mass is 198 g/mol. The Balaban J connectivity index is 2.22. The summed E-state index contributed by atoms with van der Waals surface area (Å²) in [4.78, 5) is 3.28. The second kappa shape index (κ2) is 5.35. The van der Waals surface area contributed by atoms with Gasteiger partial charge in [-0.05, 0) is 38.0 Å². The second-order valence-corrected chi connectivity index (χ2v) is 4.22. The molecule has 1 saturated heterocycles. The Morgan fingerprint density at radius 2 is 2.23 bits per heavy atom. The van der Waals surface area contributed by atoms with E-state index in [0.717, 1.165) is 17.5 Å². The van der Waals surface area contributed by atoms with Crippen LogP contribution in [0.25, 0.3) is 0 Å². The lowest BCUT2D eigenvalue weighted by atomic mass is 9.99. The Morgan fingerprint density at radius 3 is 2.77 bits per heavy atom. The molecule has 0 amide bonds. The first-order chi connectivity index (χ1) is 6.22. The number of nitrogens with zero attached hydrogens (tertiary/aromatic N) is 1. The van der Waals surface area contributed by atoms with Crippen LogP contribution in [-0.4, -0.2) is 29.5 Å². The summed E-state index contributed by atoms with van der Waals surface area (Å²) in [6.45, 7) is 9.15. The Kier molecular flexibility index (Phi) is 4.39. The lowest BCUT2D eigenvalue weighted by molar-refractivity contribution is 0.215. The van der Waals surface area contributed by atoms with E-state index in [-0.39, 0.29) is 0 Å². The van der Waals surface area contributed by atoms with E-state index in [1.54, 1.807) is 6.20 Å². The van der Waals surface area contributed by atoms with E-state index in [2.05, 4.69) is 23.7 Å². The summed E-state index contributed by atoms with van der Waals surface area (Å²) in [6, 6.07) is 0. The predicted octanol–water partition coefficient (Wildman–Crippen LogP) is 1.78. The van der Waals surface area contributed by atoms with Gasteiger partial charge in [0.25, 0.3) is 0 Å². The van der Waals surface area contributed by atoms with Crippen LogP contribution in [0.4, 0.5) is 0 Å². The van der Waals surface area contributed by atoms with Gasteiger partial charge in [0.2, 0.25) is 0 Å². The number of piperidine rings is 1. The maximum Gasteiger partial charge on any atom is 0.0935 e. The highest BCUT2D eigenvalue weighted by atomic mass is 32.1. The third-order valence-electron chi connectivity index (χ3n) is 2.51. The van der Waals surface area contributed by atoms with Crippen LogP contribution in [0.3, 0.4) is 0 Å². The van der Waals surface area contributed by atoms with Crippen LogP contribution in [0.1, 0.15) is 19.8 Å². The van der Waals surface area contributed by atoms with Crippen LogP contribution in [0.2, 0.25) is 0 Å². The molecule has 0 bridgehead atoms. The van der Waals surface area contributed by atoms with E-state index in [9.17, 15) is 0 Å². The van der Waals surface area contributed by atoms with Crippen molar-refractivity contribution in [3.8, 4) is 0 Å². The van der Waals surface area contributed by atoms with E-state index in [1.807, 2.05) is 0 Å². The first-order valence-corrected chi connectivity index (χ1v) is 5.26. The summed E-state index contributed by atoms with van der Waals surface area (Å²) in [5, 5.41) is 2.96. The van der Waals surface area contributed by atoms with Gasteiger partial charge in [-0.2, -0.15) is 0 Å². The molecule has 74 valence electrons. The van der Waals surface area contributed by atoms with E-state index < -0.39 is 0 Å². The molecule has 2 nitrogen and oxygen atoms in total. The van der Waals surface area contributed by atoms with Crippen molar-refractivity contribution in [2.75, 3.05) is 19.6 Å². The number of rotatable bonds is 3. The van der Waals surface area contributed by atoms with Gasteiger partial charge in [-0.3, -0.25) is 4.90 Å². The largest absolute Gasteiger partial charge is 0.356 e. The van der Waals surface area contributed by atoms with Gasteiger partial charge in [-0.25, -0.2) is 0 Å². The maximum absolute atomic E-state index is 5.14. The fraction of sp³-hybridized carbons (Fsp3) is 0.700. The zero-order valence-electron chi connectivity index (χ0n) is 8.25. The number of thiocarbonyl (C=S) groups is 1. The summed E-state index contributed by atoms with van der Waals surface area (Å²) < 4.78 is 0. The van der Waals surface area contributed by atoms with Gasteiger partial charge in [0.05, 0.1) is 4.99 Å². The average Bonchev–Trinajstić information content (AvgIpc) is 2.09. The van der Waals surface area contributed by atoms with Gasteiger partial charge in [-0.15, -0.1) is 0 Å². The Bertz CT molecular complexity index is 183. The van der Waals surface area contributed by atoms with Crippen molar-refractivity contribution in [3.63, 3.8) is 0 Å². The molecule has 1 N–H and O–H groups in total. The summed E-state index contributed by atoms with van der Waals surface area (Å²) in [7, 11) is 0. The highest BCUT2D eigenvalue weighted by Gasteiger charge is 2.15.